The number of aryl methyl sites for hydroxylation is 1. The van der Waals surface area contributed by atoms with Gasteiger partial charge in [-0.1, -0.05) is 44.8 Å². The van der Waals surface area contributed by atoms with Crippen LogP contribution >= 0.6 is 27.5 Å². The zero-order chi connectivity index (χ0) is 11.0. The smallest absolute Gasteiger partial charge is 0.187 e. The minimum Gasteiger partial charge on any atom is -0.380 e. The molecule has 0 aliphatic rings. The summed E-state index contributed by atoms with van der Waals surface area (Å²) in [6.07, 6.45) is 0. The van der Waals surface area contributed by atoms with Gasteiger partial charge in [-0.05, 0) is 18.6 Å². The van der Waals surface area contributed by atoms with Crippen LogP contribution in [0.2, 0.25) is 5.02 Å². The number of hydrogen-bond donors (Lipinski definition) is 1. The Kier molecular flexibility index (Phi) is 2.71. The summed E-state index contributed by atoms with van der Waals surface area (Å²) in [6.45, 7) is 2.00. The number of aromatic nitrogens is 1. The fraction of sp³-hybridized carbons (Fsp3) is 0.100. The van der Waals surface area contributed by atoms with Crippen LogP contribution in [0.5, 0.6) is 0 Å². The highest BCUT2D eigenvalue weighted by atomic mass is 79.9. The molecule has 1 aromatic carbocycles. The van der Waals surface area contributed by atoms with Crippen LogP contribution in [-0.4, -0.2) is 5.16 Å². The molecule has 0 radical (unpaired) electrons. The van der Waals surface area contributed by atoms with E-state index in [1.54, 1.807) is 0 Å². The molecule has 0 saturated heterocycles. The number of anilines is 1. The van der Waals surface area contributed by atoms with Crippen molar-refractivity contribution in [1.29, 1.82) is 0 Å². The van der Waals surface area contributed by atoms with Crippen LogP contribution in [0.1, 0.15) is 5.56 Å². The van der Waals surface area contributed by atoms with Gasteiger partial charge in [0.2, 0.25) is 0 Å². The third-order valence-corrected chi connectivity index (χ3v) is 3.31. The van der Waals surface area contributed by atoms with Crippen molar-refractivity contribution < 1.29 is 4.52 Å². The predicted molar refractivity (Wildman–Crippen MR) is 63.8 cm³/mol. The summed E-state index contributed by atoms with van der Waals surface area (Å²) in [5, 5.41) is 3.95. The molecule has 2 rings (SSSR count). The Balaban J connectivity index is 2.55. The molecule has 0 saturated carbocycles. The van der Waals surface area contributed by atoms with Crippen LogP contribution in [0.4, 0.5) is 5.82 Å². The van der Waals surface area contributed by atoms with Gasteiger partial charge in [-0.2, -0.15) is 0 Å². The fourth-order valence-electron chi connectivity index (χ4n) is 1.20. The molecule has 0 unspecified atom stereocenters. The molecule has 3 nitrogen and oxygen atoms in total. The maximum atomic E-state index is 5.94. The molecule has 0 fully saturated rings. The molecule has 1 heterocycles. The third kappa shape index (κ3) is 1.87. The van der Waals surface area contributed by atoms with Crippen molar-refractivity contribution in [2.75, 3.05) is 5.73 Å². The summed E-state index contributed by atoms with van der Waals surface area (Å²) in [7, 11) is 0. The van der Waals surface area contributed by atoms with E-state index in [-0.39, 0.29) is 5.82 Å². The third-order valence-electron chi connectivity index (χ3n) is 2.09. The molecule has 0 aliphatic heterocycles. The first kappa shape index (κ1) is 10.5. The van der Waals surface area contributed by atoms with Gasteiger partial charge in [-0.25, -0.2) is 0 Å². The summed E-state index contributed by atoms with van der Waals surface area (Å²) in [5.41, 5.74) is 7.49. The normalized spacial score (nSPS) is 10.6. The van der Waals surface area contributed by atoms with Crippen LogP contribution in [0.3, 0.4) is 0 Å². The lowest BCUT2D eigenvalue weighted by molar-refractivity contribution is 0.436. The SMILES string of the molecule is Cc1ccc(-c2onc(N)c2Cl)cc1Br. The van der Waals surface area contributed by atoms with Gasteiger partial charge in [-0.3, -0.25) is 0 Å². The molecular weight excluding hydrogens is 279 g/mol. The highest BCUT2D eigenvalue weighted by molar-refractivity contribution is 9.10. The van der Waals surface area contributed by atoms with E-state index in [1.165, 1.54) is 0 Å². The molecule has 0 spiro atoms. The lowest BCUT2D eigenvalue weighted by Gasteiger charge is -2.00. The quantitative estimate of drug-likeness (QED) is 0.871. The average Bonchev–Trinajstić information content (AvgIpc) is 2.53. The Bertz CT molecular complexity index is 510. The Morgan fingerprint density at radius 3 is 2.73 bits per heavy atom. The number of hydrogen-bond acceptors (Lipinski definition) is 3. The van der Waals surface area contributed by atoms with Crippen molar-refractivity contribution in [3.05, 3.63) is 33.3 Å². The molecule has 5 heteroatoms. The van der Waals surface area contributed by atoms with E-state index in [4.69, 9.17) is 21.9 Å². The topological polar surface area (TPSA) is 52.0 Å². The van der Waals surface area contributed by atoms with Crippen molar-refractivity contribution in [2.45, 2.75) is 6.92 Å². The Labute approximate surface area is 100 Å². The largest absolute Gasteiger partial charge is 0.380 e. The molecule has 78 valence electrons. The second-order valence-corrected chi connectivity index (χ2v) is 4.41. The van der Waals surface area contributed by atoms with Crippen molar-refractivity contribution >= 4 is 33.3 Å². The fourth-order valence-corrected chi connectivity index (χ4v) is 1.76. The monoisotopic (exact) mass is 286 g/mol. The zero-order valence-electron chi connectivity index (χ0n) is 7.92. The lowest BCUT2D eigenvalue weighted by Crippen LogP contribution is -1.83. The van der Waals surface area contributed by atoms with Crippen LogP contribution in [0, 0.1) is 6.92 Å². The summed E-state index contributed by atoms with van der Waals surface area (Å²) >= 11 is 9.38. The van der Waals surface area contributed by atoms with E-state index in [0.29, 0.717) is 10.8 Å². The van der Waals surface area contributed by atoms with Gasteiger partial charge in [0, 0.05) is 10.0 Å². The van der Waals surface area contributed by atoms with Crippen molar-refractivity contribution in [3.8, 4) is 11.3 Å². The van der Waals surface area contributed by atoms with E-state index >= 15 is 0 Å². The standard InChI is InChI=1S/C10H8BrClN2O/c1-5-2-3-6(4-7(5)11)9-8(12)10(13)14-15-9/h2-4H,1H3,(H2,13,14). The summed E-state index contributed by atoms with van der Waals surface area (Å²) < 4.78 is 6.04. The number of benzene rings is 1. The molecule has 2 N–H and O–H groups in total. The maximum Gasteiger partial charge on any atom is 0.187 e. The highest BCUT2D eigenvalue weighted by Gasteiger charge is 2.13. The predicted octanol–water partition coefficient (Wildman–Crippen LogP) is 3.65. The number of nitrogens with two attached hydrogens (primary N) is 1. The number of halogens is 2. The van der Waals surface area contributed by atoms with Gasteiger partial charge in [0.25, 0.3) is 0 Å². The Morgan fingerprint density at radius 2 is 2.20 bits per heavy atom. The summed E-state index contributed by atoms with van der Waals surface area (Å²) in [4.78, 5) is 0. The van der Waals surface area contributed by atoms with Crippen molar-refractivity contribution in [3.63, 3.8) is 0 Å². The molecule has 0 bridgehead atoms. The van der Waals surface area contributed by atoms with Crippen LogP contribution in [0.15, 0.2) is 27.2 Å². The molecule has 1 aromatic heterocycles. The Morgan fingerprint density at radius 1 is 1.47 bits per heavy atom. The van der Waals surface area contributed by atoms with Gasteiger partial charge in [0.15, 0.2) is 11.6 Å². The van der Waals surface area contributed by atoms with Gasteiger partial charge >= 0.3 is 0 Å². The van der Waals surface area contributed by atoms with Crippen LogP contribution in [0.25, 0.3) is 11.3 Å². The first-order chi connectivity index (χ1) is 7.09. The Hall–Kier alpha value is -1.00. The molecule has 15 heavy (non-hydrogen) atoms. The second kappa shape index (κ2) is 3.87. The van der Waals surface area contributed by atoms with Gasteiger partial charge in [0.1, 0.15) is 5.02 Å². The van der Waals surface area contributed by atoms with Gasteiger partial charge in [0.05, 0.1) is 0 Å². The zero-order valence-corrected chi connectivity index (χ0v) is 10.3. The molecule has 0 amide bonds. The van der Waals surface area contributed by atoms with Gasteiger partial charge < -0.3 is 10.3 Å². The van der Waals surface area contributed by atoms with E-state index in [9.17, 15) is 0 Å². The minimum atomic E-state index is 0.211. The minimum absolute atomic E-state index is 0.211. The lowest BCUT2D eigenvalue weighted by atomic mass is 10.1. The number of nitrogen functional groups attached to an aromatic ring is 1. The molecule has 0 aliphatic carbocycles. The van der Waals surface area contributed by atoms with E-state index in [2.05, 4.69) is 21.1 Å². The van der Waals surface area contributed by atoms with Gasteiger partial charge in [-0.15, -0.1) is 0 Å². The summed E-state index contributed by atoms with van der Waals surface area (Å²) in [5.74, 6) is 0.707. The summed E-state index contributed by atoms with van der Waals surface area (Å²) in [6, 6.07) is 5.79. The molecular formula is C10H8BrClN2O. The van der Waals surface area contributed by atoms with Crippen LogP contribution < -0.4 is 5.73 Å². The van der Waals surface area contributed by atoms with Crippen molar-refractivity contribution in [2.24, 2.45) is 0 Å². The average molecular weight is 288 g/mol. The van der Waals surface area contributed by atoms with Crippen molar-refractivity contribution in [1.82, 2.24) is 5.16 Å². The second-order valence-electron chi connectivity index (χ2n) is 3.17. The van der Waals surface area contributed by atoms with Crippen LogP contribution in [-0.2, 0) is 0 Å². The van der Waals surface area contributed by atoms with E-state index in [0.717, 1.165) is 15.6 Å². The first-order valence-corrected chi connectivity index (χ1v) is 5.44. The maximum absolute atomic E-state index is 5.94. The molecule has 2 aromatic rings. The number of rotatable bonds is 1. The molecule has 0 atom stereocenters. The van der Waals surface area contributed by atoms with E-state index in [1.807, 2.05) is 25.1 Å². The first-order valence-electron chi connectivity index (χ1n) is 4.26. The van der Waals surface area contributed by atoms with E-state index < -0.39 is 0 Å². The number of nitrogens with zero attached hydrogens (tertiary/aromatic N) is 1. The highest BCUT2D eigenvalue weighted by Crippen LogP contribution is 2.33.